The molecule has 218 valence electrons. The SMILES string of the molecule is Cc1ccc(-c2noc(=O)[nH]2)cc1N(CC(=O)NCCNC(C)C)CC(=O)N(C)N1Cc2ccccc2C1.Cl.Cl. The van der Waals surface area contributed by atoms with Crippen LogP contribution in [0.3, 0.4) is 0 Å². The van der Waals surface area contributed by atoms with Gasteiger partial charge in [0.1, 0.15) is 0 Å². The van der Waals surface area contributed by atoms with Gasteiger partial charge in [-0.1, -0.05) is 55.4 Å². The number of amides is 2. The van der Waals surface area contributed by atoms with Crippen molar-refractivity contribution in [3.63, 3.8) is 0 Å². The normalized spacial score (nSPS) is 12.3. The maximum atomic E-state index is 13.5. The molecule has 40 heavy (non-hydrogen) atoms. The average Bonchev–Trinajstić information content (AvgIpc) is 3.52. The summed E-state index contributed by atoms with van der Waals surface area (Å²) in [6.07, 6.45) is 0. The van der Waals surface area contributed by atoms with E-state index in [2.05, 4.69) is 37.4 Å². The van der Waals surface area contributed by atoms with Gasteiger partial charge >= 0.3 is 5.76 Å². The summed E-state index contributed by atoms with van der Waals surface area (Å²) < 4.78 is 4.65. The highest BCUT2D eigenvalue weighted by atomic mass is 35.5. The van der Waals surface area contributed by atoms with E-state index in [1.807, 2.05) is 44.0 Å². The molecule has 0 saturated heterocycles. The maximum absolute atomic E-state index is 13.5. The maximum Gasteiger partial charge on any atom is 0.439 e. The van der Waals surface area contributed by atoms with E-state index >= 15 is 0 Å². The molecule has 0 spiro atoms. The number of hydrogen-bond acceptors (Lipinski definition) is 8. The highest BCUT2D eigenvalue weighted by molar-refractivity contribution is 5.87. The van der Waals surface area contributed by atoms with E-state index in [1.54, 1.807) is 29.1 Å². The van der Waals surface area contributed by atoms with Gasteiger partial charge in [0.25, 0.3) is 5.91 Å². The number of H-pyrrole nitrogens is 1. The van der Waals surface area contributed by atoms with Crippen molar-refractivity contribution in [2.45, 2.75) is 39.9 Å². The molecular weight excluding hydrogens is 557 g/mol. The van der Waals surface area contributed by atoms with Crippen molar-refractivity contribution in [3.05, 3.63) is 69.7 Å². The molecule has 2 amide bonds. The molecule has 4 rings (SSSR count). The molecule has 0 atom stereocenters. The predicted octanol–water partition coefficient (Wildman–Crippen LogP) is 2.49. The van der Waals surface area contributed by atoms with Crippen molar-refractivity contribution < 1.29 is 14.1 Å². The number of hydrogen-bond donors (Lipinski definition) is 3. The van der Waals surface area contributed by atoms with Crippen molar-refractivity contribution in [2.75, 3.05) is 38.1 Å². The molecule has 1 aliphatic rings. The number of fused-ring (bicyclic) bond motifs is 1. The average molecular weight is 595 g/mol. The molecule has 2 aromatic carbocycles. The molecule has 2 heterocycles. The zero-order chi connectivity index (χ0) is 27.2. The van der Waals surface area contributed by atoms with Crippen LogP contribution < -0.4 is 21.3 Å². The molecule has 13 heteroatoms. The van der Waals surface area contributed by atoms with Gasteiger partial charge in [-0.2, -0.15) is 0 Å². The molecule has 0 radical (unpaired) electrons. The predicted molar refractivity (Wildman–Crippen MR) is 159 cm³/mol. The number of aromatic nitrogens is 2. The van der Waals surface area contributed by atoms with Crippen molar-refractivity contribution in [2.24, 2.45) is 0 Å². The first kappa shape index (κ1) is 32.8. The van der Waals surface area contributed by atoms with Gasteiger partial charge in [0.15, 0.2) is 5.82 Å². The smallest absolute Gasteiger partial charge is 0.353 e. The molecule has 0 fully saturated rings. The number of carbonyl (C=O) groups excluding carboxylic acids is 2. The largest absolute Gasteiger partial charge is 0.439 e. The van der Waals surface area contributed by atoms with E-state index in [0.717, 1.165) is 5.56 Å². The quantitative estimate of drug-likeness (QED) is 0.289. The second-order valence-electron chi connectivity index (χ2n) is 9.77. The monoisotopic (exact) mass is 593 g/mol. The third-order valence-corrected chi connectivity index (χ3v) is 6.53. The van der Waals surface area contributed by atoms with Gasteiger partial charge in [0.2, 0.25) is 5.91 Å². The lowest BCUT2D eigenvalue weighted by atomic mass is 10.1. The number of likely N-dealkylation sites (N-methyl/N-ethyl adjacent to an activating group) is 1. The molecule has 3 aromatic rings. The van der Waals surface area contributed by atoms with E-state index in [4.69, 9.17) is 0 Å². The Morgan fingerprint density at radius 3 is 2.35 bits per heavy atom. The number of aryl methyl sites for hydroxylation is 1. The zero-order valence-corrected chi connectivity index (χ0v) is 24.7. The first-order valence-electron chi connectivity index (χ1n) is 12.7. The summed E-state index contributed by atoms with van der Waals surface area (Å²) in [6.45, 7) is 8.39. The van der Waals surface area contributed by atoms with Gasteiger partial charge in [-0.05, 0) is 29.7 Å². The van der Waals surface area contributed by atoms with Crippen LogP contribution in [0.15, 0.2) is 51.8 Å². The molecule has 0 aliphatic carbocycles. The number of rotatable bonds is 11. The number of aromatic amines is 1. The van der Waals surface area contributed by atoms with Crippen LogP contribution in [-0.4, -0.2) is 71.2 Å². The minimum atomic E-state index is -0.656. The molecule has 11 nitrogen and oxygen atoms in total. The Hall–Kier alpha value is -3.38. The number of anilines is 1. The van der Waals surface area contributed by atoms with Gasteiger partial charge < -0.3 is 15.5 Å². The van der Waals surface area contributed by atoms with Crippen LogP contribution >= 0.6 is 24.8 Å². The number of halogens is 2. The van der Waals surface area contributed by atoms with E-state index < -0.39 is 5.76 Å². The lowest BCUT2D eigenvalue weighted by Gasteiger charge is -2.32. The Morgan fingerprint density at radius 1 is 1.07 bits per heavy atom. The molecular formula is C27H37Cl2N7O4. The summed E-state index contributed by atoms with van der Waals surface area (Å²) in [4.78, 5) is 42.2. The van der Waals surface area contributed by atoms with E-state index in [0.29, 0.717) is 43.5 Å². The number of hydrazine groups is 1. The minimum absolute atomic E-state index is 0. The van der Waals surface area contributed by atoms with Crippen molar-refractivity contribution in [1.82, 2.24) is 30.8 Å². The fourth-order valence-corrected chi connectivity index (χ4v) is 4.42. The Kier molecular flexibility index (Phi) is 12.2. The van der Waals surface area contributed by atoms with E-state index in [1.165, 1.54) is 11.1 Å². The van der Waals surface area contributed by atoms with Crippen LogP contribution in [-0.2, 0) is 22.7 Å². The fraction of sp³-hybridized carbons (Fsp3) is 0.407. The zero-order valence-electron chi connectivity index (χ0n) is 23.1. The van der Waals surface area contributed by atoms with E-state index in [9.17, 15) is 14.4 Å². The molecule has 1 aliphatic heterocycles. The first-order valence-corrected chi connectivity index (χ1v) is 12.7. The van der Waals surface area contributed by atoms with Crippen molar-refractivity contribution in [3.8, 4) is 11.4 Å². The summed E-state index contributed by atoms with van der Waals surface area (Å²) in [5.74, 6) is -0.721. The van der Waals surface area contributed by atoms with Crippen LogP contribution in [0.2, 0.25) is 0 Å². The second-order valence-corrected chi connectivity index (χ2v) is 9.77. The van der Waals surface area contributed by atoms with Crippen LogP contribution in [0.4, 0.5) is 5.69 Å². The van der Waals surface area contributed by atoms with Gasteiger partial charge in [0, 0.05) is 50.5 Å². The van der Waals surface area contributed by atoms with Crippen LogP contribution in [0.1, 0.15) is 30.5 Å². The van der Waals surface area contributed by atoms with Crippen LogP contribution in [0.25, 0.3) is 11.4 Å². The first-order chi connectivity index (χ1) is 18.2. The van der Waals surface area contributed by atoms with Gasteiger partial charge in [0.05, 0.1) is 13.1 Å². The van der Waals surface area contributed by atoms with Crippen LogP contribution in [0, 0.1) is 6.92 Å². The summed E-state index contributed by atoms with van der Waals surface area (Å²) in [7, 11) is 1.76. The lowest BCUT2D eigenvalue weighted by Crippen LogP contribution is -2.48. The fourth-order valence-electron chi connectivity index (χ4n) is 4.42. The topological polar surface area (TPSA) is 127 Å². The minimum Gasteiger partial charge on any atom is -0.353 e. The Labute approximate surface area is 246 Å². The number of benzene rings is 2. The van der Waals surface area contributed by atoms with Gasteiger partial charge in [-0.3, -0.25) is 24.1 Å². The van der Waals surface area contributed by atoms with Crippen molar-refractivity contribution >= 4 is 42.3 Å². The second kappa shape index (κ2) is 14.8. The van der Waals surface area contributed by atoms with Crippen LogP contribution in [0.5, 0.6) is 0 Å². The Balaban J connectivity index is 0.00000280. The molecule has 1 aromatic heterocycles. The number of nitrogens with one attached hydrogen (secondary N) is 3. The summed E-state index contributed by atoms with van der Waals surface area (Å²) >= 11 is 0. The lowest BCUT2D eigenvalue weighted by molar-refractivity contribution is -0.145. The summed E-state index contributed by atoms with van der Waals surface area (Å²) in [6, 6.07) is 13.9. The third-order valence-electron chi connectivity index (χ3n) is 6.53. The summed E-state index contributed by atoms with van der Waals surface area (Å²) in [5.41, 5.74) is 4.57. The third kappa shape index (κ3) is 8.31. The van der Waals surface area contributed by atoms with Gasteiger partial charge in [-0.15, -0.1) is 24.8 Å². The Morgan fingerprint density at radius 2 is 1.75 bits per heavy atom. The molecule has 0 saturated carbocycles. The Bertz CT molecular complexity index is 1320. The van der Waals surface area contributed by atoms with Gasteiger partial charge in [-0.25, -0.2) is 9.80 Å². The number of nitrogens with zero attached hydrogens (tertiary/aromatic N) is 4. The highest BCUT2D eigenvalue weighted by Gasteiger charge is 2.27. The molecule has 0 unspecified atom stereocenters. The highest BCUT2D eigenvalue weighted by Crippen LogP contribution is 2.27. The standard InChI is InChI=1S/C27H35N7O4.2ClH/c1-18(2)28-11-12-29-24(35)16-33(23-13-20(10-9-19(23)3)26-30-27(37)38-31-26)17-25(36)32(4)34-14-21-7-5-6-8-22(21)15-34;;/h5-10,13,18,28H,11-12,14-17H2,1-4H3,(H,29,35)(H,30,31,37);2*1H. The summed E-state index contributed by atoms with van der Waals surface area (Å²) in [5, 5.41) is 13.6. The van der Waals surface area contributed by atoms with E-state index in [-0.39, 0.29) is 55.5 Å². The molecule has 3 N–H and O–H groups in total. The molecule has 0 bridgehead atoms. The van der Waals surface area contributed by atoms with Crippen molar-refractivity contribution in [1.29, 1.82) is 0 Å². The number of carbonyl (C=O) groups is 2.